The van der Waals surface area contributed by atoms with Crippen LogP contribution in [-0.2, 0) is 0 Å². The molecule has 2 nitrogen and oxygen atoms in total. The minimum atomic E-state index is -0.0306. The van der Waals surface area contributed by atoms with Crippen molar-refractivity contribution < 1.29 is 9.53 Å². The third-order valence-corrected chi connectivity index (χ3v) is 3.61. The molecule has 2 heteroatoms. The summed E-state index contributed by atoms with van der Waals surface area (Å²) in [5.41, 5.74) is 3.21. The third kappa shape index (κ3) is 2.63. The molecule has 0 amide bonds. The first kappa shape index (κ1) is 14.1. The lowest BCUT2D eigenvalue weighted by Gasteiger charge is -2.11. The summed E-state index contributed by atoms with van der Waals surface area (Å²) in [6.07, 6.45) is 0. The maximum absolute atomic E-state index is 12.9. The summed E-state index contributed by atoms with van der Waals surface area (Å²) in [7, 11) is 1.58. The van der Waals surface area contributed by atoms with E-state index in [0.29, 0.717) is 16.9 Å². The van der Waals surface area contributed by atoms with Gasteiger partial charge in [0.1, 0.15) is 5.75 Å². The van der Waals surface area contributed by atoms with Gasteiger partial charge < -0.3 is 4.74 Å². The Balaban J connectivity index is 2.11. The number of hydrogen-bond acceptors (Lipinski definition) is 2. The molecular formula is C20H16O2. The number of benzene rings is 3. The third-order valence-electron chi connectivity index (χ3n) is 3.61. The van der Waals surface area contributed by atoms with Crippen LogP contribution in [0.2, 0.25) is 0 Å². The second kappa shape index (κ2) is 6.27. The van der Waals surface area contributed by atoms with Gasteiger partial charge in [0.2, 0.25) is 0 Å². The zero-order valence-electron chi connectivity index (χ0n) is 12.3. The Kier molecular flexibility index (Phi) is 4.01. The standard InChI is InChI=1S/C20H16O2/c1-22-19-14-8-7-13-18(19)20(21)17-12-6-5-11-16(17)15-9-3-2-4-10-15/h2-14H,1H3. The van der Waals surface area contributed by atoms with E-state index in [9.17, 15) is 4.79 Å². The van der Waals surface area contributed by atoms with Crippen LogP contribution in [0.4, 0.5) is 0 Å². The highest BCUT2D eigenvalue weighted by Gasteiger charge is 2.17. The van der Waals surface area contributed by atoms with Crippen molar-refractivity contribution >= 4 is 5.78 Å². The van der Waals surface area contributed by atoms with Crippen LogP contribution in [0, 0.1) is 0 Å². The molecule has 0 aliphatic rings. The summed E-state index contributed by atoms with van der Waals surface area (Å²) in [4.78, 5) is 12.9. The predicted octanol–water partition coefficient (Wildman–Crippen LogP) is 4.59. The molecule has 108 valence electrons. The van der Waals surface area contributed by atoms with E-state index >= 15 is 0 Å². The lowest BCUT2D eigenvalue weighted by Crippen LogP contribution is -2.05. The monoisotopic (exact) mass is 288 g/mol. The van der Waals surface area contributed by atoms with Gasteiger partial charge in [0.15, 0.2) is 5.78 Å². The van der Waals surface area contributed by atoms with Crippen LogP contribution >= 0.6 is 0 Å². The van der Waals surface area contributed by atoms with Crippen molar-refractivity contribution in [1.82, 2.24) is 0 Å². The lowest BCUT2D eigenvalue weighted by molar-refractivity contribution is 0.103. The Morgan fingerprint density at radius 2 is 1.32 bits per heavy atom. The summed E-state index contributed by atoms with van der Waals surface area (Å²) in [6.45, 7) is 0. The van der Waals surface area contributed by atoms with E-state index in [1.54, 1.807) is 19.2 Å². The summed E-state index contributed by atoms with van der Waals surface area (Å²) in [5.74, 6) is 0.562. The number of carbonyl (C=O) groups is 1. The van der Waals surface area contributed by atoms with Crippen molar-refractivity contribution in [3.63, 3.8) is 0 Å². The van der Waals surface area contributed by atoms with E-state index < -0.39 is 0 Å². The second-order valence-electron chi connectivity index (χ2n) is 4.94. The number of para-hydroxylation sites is 1. The molecule has 0 aromatic heterocycles. The minimum Gasteiger partial charge on any atom is -0.496 e. The van der Waals surface area contributed by atoms with Crippen LogP contribution in [-0.4, -0.2) is 12.9 Å². The predicted molar refractivity (Wildman–Crippen MR) is 88.3 cm³/mol. The number of rotatable bonds is 4. The highest BCUT2D eigenvalue weighted by atomic mass is 16.5. The Morgan fingerprint density at radius 3 is 2.05 bits per heavy atom. The van der Waals surface area contributed by atoms with Gasteiger partial charge in [-0.2, -0.15) is 0 Å². The van der Waals surface area contributed by atoms with E-state index in [0.717, 1.165) is 11.1 Å². The number of ketones is 1. The van der Waals surface area contributed by atoms with Gasteiger partial charge in [0.25, 0.3) is 0 Å². The van der Waals surface area contributed by atoms with Crippen molar-refractivity contribution in [1.29, 1.82) is 0 Å². The molecule has 0 aliphatic carbocycles. The molecule has 3 aromatic carbocycles. The zero-order chi connectivity index (χ0) is 15.4. The van der Waals surface area contributed by atoms with Crippen molar-refractivity contribution in [2.24, 2.45) is 0 Å². The molecule has 0 spiro atoms. The molecule has 0 bridgehead atoms. The maximum atomic E-state index is 12.9. The Morgan fingerprint density at radius 1 is 0.727 bits per heavy atom. The molecule has 0 saturated heterocycles. The van der Waals surface area contributed by atoms with Crippen LogP contribution in [0.15, 0.2) is 78.9 Å². The van der Waals surface area contributed by atoms with E-state index in [1.165, 1.54) is 0 Å². The van der Waals surface area contributed by atoms with Gasteiger partial charge in [-0.3, -0.25) is 4.79 Å². The zero-order valence-corrected chi connectivity index (χ0v) is 12.3. The number of ether oxygens (including phenoxy) is 1. The molecule has 3 aromatic rings. The molecule has 0 N–H and O–H groups in total. The minimum absolute atomic E-state index is 0.0306. The average Bonchev–Trinajstić information content (AvgIpc) is 2.62. The molecule has 0 radical (unpaired) electrons. The van der Waals surface area contributed by atoms with Crippen LogP contribution in [0.3, 0.4) is 0 Å². The van der Waals surface area contributed by atoms with Gasteiger partial charge in [0, 0.05) is 5.56 Å². The van der Waals surface area contributed by atoms with Crippen molar-refractivity contribution in [3.8, 4) is 16.9 Å². The molecule has 0 atom stereocenters. The van der Waals surface area contributed by atoms with Crippen molar-refractivity contribution in [2.45, 2.75) is 0 Å². The molecule has 0 saturated carbocycles. The Bertz CT molecular complexity index is 792. The smallest absolute Gasteiger partial charge is 0.197 e. The van der Waals surface area contributed by atoms with Gasteiger partial charge >= 0.3 is 0 Å². The van der Waals surface area contributed by atoms with Gasteiger partial charge in [-0.1, -0.05) is 66.7 Å². The highest BCUT2D eigenvalue weighted by molar-refractivity contribution is 6.14. The normalized spacial score (nSPS) is 10.2. The summed E-state index contributed by atoms with van der Waals surface area (Å²) >= 11 is 0. The van der Waals surface area contributed by atoms with Crippen molar-refractivity contribution in [3.05, 3.63) is 90.0 Å². The molecule has 3 rings (SSSR count). The van der Waals surface area contributed by atoms with E-state index in [-0.39, 0.29) is 5.78 Å². The van der Waals surface area contributed by atoms with Gasteiger partial charge in [-0.05, 0) is 23.3 Å². The number of hydrogen-bond donors (Lipinski definition) is 0. The summed E-state index contributed by atoms with van der Waals surface area (Å²) in [6, 6.07) is 24.9. The van der Waals surface area contributed by atoms with E-state index in [4.69, 9.17) is 4.74 Å². The fourth-order valence-electron chi connectivity index (χ4n) is 2.53. The molecule has 0 fully saturated rings. The number of carbonyl (C=O) groups excluding carboxylic acids is 1. The number of methoxy groups -OCH3 is 1. The van der Waals surface area contributed by atoms with Crippen LogP contribution < -0.4 is 4.74 Å². The van der Waals surface area contributed by atoms with E-state index in [1.807, 2.05) is 66.7 Å². The van der Waals surface area contributed by atoms with Gasteiger partial charge in [-0.15, -0.1) is 0 Å². The van der Waals surface area contributed by atoms with Gasteiger partial charge in [-0.25, -0.2) is 0 Å². The topological polar surface area (TPSA) is 26.3 Å². The quantitative estimate of drug-likeness (QED) is 0.656. The van der Waals surface area contributed by atoms with Crippen LogP contribution in [0.1, 0.15) is 15.9 Å². The molecule has 0 unspecified atom stereocenters. The average molecular weight is 288 g/mol. The van der Waals surface area contributed by atoms with Crippen LogP contribution in [0.25, 0.3) is 11.1 Å². The summed E-state index contributed by atoms with van der Waals surface area (Å²) in [5, 5.41) is 0. The SMILES string of the molecule is COc1ccccc1C(=O)c1ccccc1-c1ccccc1. The van der Waals surface area contributed by atoms with Crippen molar-refractivity contribution in [2.75, 3.05) is 7.11 Å². The highest BCUT2D eigenvalue weighted by Crippen LogP contribution is 2.28. The fraction of sp³-hybridized carbons (Fsp3) is 0.0500. The first-order chi connectivity index (χ1) is 10.8. The molecular weight excluding hydrogens is 272 g/mol. The Labute approximate surface area is 130 Å². The van der Waals surface area contributed by atoms with Gasteiger partial charge in [0.05, 0.1) is 12.7 Å². The summed E-state index contributed by atoms with van der Waals surface area (Å²) < 4.78 is 5.31. The largest absolute Gasteiger partial charge is 0.496 e. The first-order valence-electron chi connectivity index (χ1n) is 7.13. The van der Waals surface area contributed by atoms with Crippen LogP contribution in [0.5, 0.6) is 5.75 Å². The Hall–Kier alpha value is -2.87. The molecule has 0 heterocycles. The maximum Gasteiger partial charge on any atom is 0.197 e. The molecule has 0 aliphatic heterocycles. The lowest BCUT2D eigenvalue weighted by atomic mass is 9.93. The second-order valence-corrected chi connectivity index (χ2v) is 4.94. The first-order valence-corrected chi connectivity index (χ1v) is 7.13. The molecule has 22 heavy (non-hydrogen) atoms. The fourth-order valence-corrected chi connectivity index (χ4v) is 2.53. The van der Waals surface area contributed by atoms with E-state index in [2.05, 4.69) is 0 Å².